The van der Waals surface area contributed by atoms with Crippen molar-refractivity contribution in [1.29, 1.82) is 0 Å². The molecule has 2 saturated heterocycles. The van der Waals surface area contributed by atoms with Crippen LogP contribution in [-0.4, -0.2) is 80.2 Å². The number of nitrogens with zero attached hydrogens (tertiary/aromatic N) is 2. The number of hydrogen-bond donors (Lipinski definition) is 1. The molecule has 0 spiro atoms. The first-order valence-electron chi connectivity index (χ1n) is 12.8. The summed E-state index contributed by atoms with van der Waals surface area (Å²) in [6.45, 7) is 4.32. The number of hydrogen-bond acceptors (Lipinski definition) is 7. The van der Waals surface area contributed by atoms with Gasteiger partial charge in [-0.3, -0.25) is 14.5 Å². The van der Waals surface area contributed by atoms with Crippen LogP contribution in [0, 0.1) is 0 Å². The molecule has 0 radical (unpaired) electrons. The summed E-state index contributed by atoms with van der Waals surface area (Å²) >= 11 is 0. The van der Waals surface area contributed by atoms with Crippen molar-refractivity contribution in [3.63, 3.8) is 0 Å². The van der Waals surface area contributed by atoms with Gasteiger partial charge in [-0.15, -0.1) is 0 Å². The number of benzene rings is 3. The normalized spacial score (nSPS) is 19.7. The molecular formula is C30H32N2O6. The monoisotopic (exact) mass is 516 g/mol. The van der Waals surface area contributed by atoms with Crippen LogP contribution in [0.2, 0.25) is 0 Å². The molecule has 5 rings (SSSR count). The molecule has 1 unspecified atom stereocenters. The number of ether oxygens (including phenoxy) is 3. The van der Waals surface area contributed by atoms with E-state index in [0.29, 0.717) is 37.5 Å². The molecule has 0 saturated carbocycles. The molecule has 1 amide bonds. The maximum Gasteiger partial charge on any atom is 0.295 e. The Morgan fingerprint density at radius 2 is 1.55 bits per heavy atom. The highest BCUT2D eigenvalue weighted by Crippen LogP contribution is 2.40. The summed E-state index contributed by atoms with van der Waals surface area (Å²) in [6.07, 6.45) is 0.706. The third-order valence-electron chi connectivity index (χ3n) is 7.27. The van der Waals surface area contributed by atoms with E-state index in [1.807, 2.05) is 42.5 Å². The Morgan fingerprint density at radius 3 is 2.26 bits per heavy atom. The maximum absolute atomic E-state index is 13.4. The Labute approximate surface area is 222 Å². The van der Waals surface area contributed by atoms with Crippen LogP contribution in [0.4, 0.5) is 0 Å². The van der Waals surface area contributed by atoms with Crippen molar-refractivity contribution < 1.29 is 28.9 Å². The SMILES string of the molecule is COc1ccc(C2/C(=C(\O)c3ccc4cc(OC)ccc4c3)C(=O)C(=O)N2CCCN2CCOCC2)cc1. The number of rotatable bonds is 8. The lowest BCUT2D eigenvalue weighted by Crippen LogP contribution is -2.38. The van der Waals surface area contributed by atoms with Crippen molar-refractivity contribution in [2.45, 2.75) is 12.5 Å². The summed E-state index contributed by atoms with van der Waals surface area (Å²) in [5.74, 6) is -0.0541. The maximum atomic E-state index is 13.4. The summed E-state index contributed by atoms with van der Waals surface area (Å²) in [5.41, 5.74) is 1.32. The van der Waals surface area contributed by atoms with Crippen LogP contribution in [0.5, 0.6) is 11.5 Å². The molecule has 2 aliphatic heterocycles. The van der Waals surface area contributed by atoms with Crippen molar-refractivity contribution >= 4 is 28.2 Å². The van der Waals surface area contributed by atoms with E-state index >= 15 is 0 Å². The molecule has 8 nitrogen and oxygen atoms in total. The number of methoxy groups -OCH3 is 2. The lowest BCUT2D eigenvalue weighted by molar-refractivity contribution is -0.140. The minimum Gasteiger partial charge on any atom is -0.507 e. The third kappa shape index (κ3) is 5.10. The zero-order valence-corrected chi connectivity index (χ0v) is 21.7. The van der Waals surface area contributed by atoms with Crippen molar-refractivity contribution in [2.24, 2.45) is 0 Å². The first-order chi connectivity index (χ1) is 18.5. The number of likely N-dealkylation sites (tertiary alicyclic amines) is 1. The second-order valence-electron chi connectivity index (χ2n) is 9.50. The highest BCUT2D eigenvalue weighted by Gasteiger charge is 2.45. The van der Waals surface area contributed by atoms with Gasteiger partial charge in [0.15, 0.2) is 0 Å². The van der Waals surface area contributed by atoms with E-state index in [9.17, 15) is 14.7 Å². The molecule has 8 heteroatoms. The minimum atomic E-state index is -0.697. The van der Waals surface area contributed by atoms with Gasteiger partial charge >= 0.3 is 0 Å². The van der Waals surface area contributed by atoms with E-state index in [2.05, 4.69) is 4.90 Å². The third-order valence-corrected chi connectivity index (χ3v) is 7.27. The largest absolute Gasteiger partial charge is 0.507 e. The van der Waals surface area contributed by atoms with E-state index < -0.39 is 17.7 Å². The lowest BCUT2D eigenvalue weighted by Gasteiger charge is -2.29. The Morgan fingerprint density at radius 1 is 0.895 bits per heavy atom. The first-order valence-corrected chi connectivity index (χ1v) is 12.8. The number of carbonyl (C=O) groups is 2. The quantitative estimate of drug-likeness (QED) is 0.275. The van der Waals surface area contributed by atoms with Crippen molar-refractivity contribution in [3.8, 4) is 11.5 Å². The van der Waals surface area contributed by atoms with E-state index in [4.69, 9.17) is 14.2 Å². The van der Waals surface area contributed by atoms with E-state index in [1.165, 1.54) is 0 Å². The number of fused-ring (bicyclic) bond motifs is 1. The molecule has 2 heterocycles. The standard InChI is InChI=1S/C30H32N2O6/c1-36-24-9-6-20(7-10-24)27-26(28(33)23-5-4-22-19-25(37-2)11-8-21(22)18-23)29(34)30(35)32(27)13-3-12-31-14-16-38-17-15-31/h4-11,18-19,27,33H,3,12-17H2,1-2H3/b28-26+. The number of Topliss-reactive ketones (excluding diaryl/α,β-unsaturated/α-hetero) is 1. The van der Waals surface area contributed by atoms with Crippen LogP contribution >= 0.6 is 0 Å². The molecular weight excluding hydrogens is 484 g/mol. The highest BCUT2D eigenvalue weighted by atomic mass is 16.5. The molecule has 0 bridgehead atoms. The number of aliphatic hydroxyl groups is 1. The molecule has 2 aliphatic rings. The molecule has 1 N–H and O–H groups in total. The Hall–Kier alpha value is -3.88. The number of amides is 1. The molecule has 198 valence electrons. The van der Waals surface area contributed by atoms with Gasteiger partial charge in [0, 0.05) is 31.7 Å². The molecule has 0 aromatic heterocycles. The summed E-state index contributed by atoms with van der Waals surface area (Å²) in [7, 11) is 3.20. The smallest absolute Gasteiger partial charge is 0.295 e. The fourth-order valence-corrected chi connectivity index (χ4v) is 5.19. The van der Waals surface area contributed by atoms with Gasteiger partial charge in [0.25, 0.3) is 11.7 Å². The van der Waals surface area contributed by atoms with Gasteiger partial charge in [-0.25, -0.2) is 0 Å². The van der Waals surface area contributed by atoms with Gasteiger partial charge in [-0.1, -0.05) is 30.3 Å². The molecule has 0 aliphatic carbocycles. The van der Waals surface area contributed by atoms with Crippen LogP contribution in [0.15, 0.2) is 66.2 Å². The molecule has 2 fully saturated rings. The molecule has 38 heavy (non-hydrogen) atoms. The van der Waals surface area contributed by atoms with Crippen molar-refractivity contribution in [3.05, 3.63) is 77.4 Å². The van der Waals surface area contributed by atoms with Crippen LogP contribution in [0.1, 0.15) is 23.6 Å². The van der Waals surface area contributed by atoms with Gasteiger partial charge < -0.3 is 24.2 Å². The van der Waals surface area contributed by atoms with Gasteiger partial charge in [0.2, 0.25) is 0 Å². The van der Waals surface area contributed by atoms with E-state index in [0.717, 1.165) is 41.7 Å². The van der Waals surface area contributed by atoms with Gasteiger partial charge in [-0.2, -0.15) is 0 Å². The zero-order valence-electron chi connectivity index (χ0n) is 21.7. The predicted molar refractivity (Wildman–Crippen MR) is 144 cm³/mol. The van der Waals surface area contributed by atoms with Gasteiger partial charge in [0.05, 0.1) is 39.0 Å². The van der Waals surface area contributed by atoms with E-state index in [1.54, 1.807) is 37.3 Å². The summed E-state index contributed by atoms with van der Waals surface area (Å²) < 4.78 is 16.0. The fourth-order valence-electron chi connectivity index (χ4n) is 5.19. The fraction of sp³-hybridized carbons (Fsp3) is 0.333. The topological polar surface area (TPSA) is 88.5 Å². The van der Waals surface area contributed by atoms with Crippen molar-refractivity contribution in [2.75, 3.05) is 53.6 Å². The molecule has 1 atom stereocenters. The highest BCUT2D eigenvalue weighted by molar-refractivity contribution is 6.46. The first kappa shape index (κ1) is 25.8. The number of ketones is 1. The van der Waals surface area contributed by atoms with E-state index in [-0.39, 0.29) is 11.3 Å². The number of morpholine rings is 1. The average Bonchev–Trinajstić information content (AvgIpc) is 3.21. The predicted octanol–water partition coefficient (Wildman–Crippen LogP) is 4.00. The Balaban J connectivity index is 1.51. The molecule has 3 aromatic rings. The zero-order chi connectivity index (χ0) is 26.6. The minimum absolute atomic E-state index is 0.0967. The lowest BCUT2D eigenvalue weighted by atomic mass is 9.94. The van der Waals surface area contributed by atoms with Crippen molar-refractivity contribution in [1.82, 2.24) is 9.80 Å². The summed E-state index contributed by atoms with van der Waals surface area (Å²) in [4.78, 5) is 30.5. The Bertz CT molecular complexity index is 1360. The van der Waals surface area contributed by atoms with Crippen LogP contribution < -0.4 is 9.47 Å². The average molecular weight is 517 g/mol. The Kier molecular flexibility index (Phi) is 7.62. The number of aliphatic hydroxyl groups excluding tert-OH is 1. The van der Waals surface area contributed by atoms with Crippen LogP contribution in [-0.2, 0) is 14.3 Å². The summed E-state index contributed by atoms with van der Waals surface area (Å²) in [5, 5.41) is 13.3. The van der Waals surface area contributed by atoms with Gasteiger partial charge in [-0.05, 0) is 53.1 Å². The summed E-state index contributed by atoms with van der Waals surface area (Å²) in [6, 6.07) is 17.7. The second kappa shape index (κ2) is 11.2. The number of carbonyl (C=O) groups excluding carboxylic acids is 2. The van der Waals surface area contributed by atoms with Gasteiger partial charge in [0.1, 0.15) is 17.3 Å². The second-order valence-corrected chi connectivity index (χ2v) is 9.50. The molecule has 3 aromatic carbocycles. The van der Waals surface area contributed by atoms with Crippen LogP contribution in [0.3, 0.4) is 0 Å². The van der Waals surface area contributed by atoms with Crippen LogP contribution in [0.25, 0.3) is 16.5 Å².